The van der Waals surface area contributed by atoms with E-state index in [1.807, 2.05) is 25.2 Å². The molecule has 130 valence electrons. The van der Waals surface area contributed by atoms with Crippen LogP contribution in [0.1, 0.15) is 30.1 Å². The third kappa shape index (κ3) is 3.91. The first-order valence-electron chi connectivity index (χ1n) is 7.89. The van der Waals surface area contributed by atoms with Gasteiger partial charge in [0.25, 0.3) is 5.91 Å². The molecule has 0 aliphatic carbocycles. The predicted molar refractivity (Wildman–Crippen MR) is 98.9 cm³/mol. The van der Waals surface area contributed by atoms with Gasteiger partial charge in [-0.25, -0.2) is 0 Å². The Morgan fingerprint density at radius 3 is 2.88 bits per heavy atom. The summed E-state index contributed by atoms with van der Waals surface area (Å²) in [6.45, 7) is 3.10. The van der Waals surface area contributed by atoms with E-state index in [9.17, 15) is 4.79 Å². The number of aryl methyl sites for hydroxylation is 1. The molecular weight excluding hydrogens is 347 g/mol. The lowest BCUT2D eigenvalue weighted by atomic mass is 9.99. The highest BCUT2D eigenvalue weighted by Crippen LogP contribution is 2.29. The number of rotatable bonds is 3. The van der Waals surface area contributed by atoms with Gasteiger partial charge in [0.15, 0.2) is 0 Å². The predicted octanol–water partition coefficient (Wildman–Crippen LogP) is 3.03. The molecule has 7 heteroatoms. The van der Waals surface area contributed by atoms with E-state index in [1.165, 1.54) is 0 Å². The largest absolute Gasteiger partial charge is 0.348 e. The number of carbonyl (C=O) groups excluding carboxylic acids is 1. The molecule has 0 saturated carbocycles. The summed E-state index contributed by atoms with van der Waals surface area (Å²) in [5.41, 5.74) is 1.94. The van der Waals surface area contributed by atoms with Crippen LogP contribution in [0.2, 0.25) is 5.02 Å². The monoisotopic (exact) mass is 368 g/mol. The summed E-state index contributed by atoms with van der Waals surface area (Å²) in [7, 11) is 1.81. The molecule has 2 unspecified atom stereocenters. The lowest BCUT2D eigenvalue weighted by molar-refractivity contribution is 0.0920. The van der Waals surface area contributed by atoms with Crippen LogP contribution in [-0.2, 0) is 7.05 Å². The van der Waals surface area contributed by atoms with Crippen molar-refractivity contribution in [2.24, 2.45) is 7.05 Å². The van der Waals surface area contributed by atoms with Gasteiger partial charge in [-0.3, -0.25) is 9.48 Å². The molecule has 5 nitrogen and oxygen atoms in total. The highest BCUT2D eigenvalue weighted by molar-refractivity contribution is 6.33. The molecule has 0 spiro atoms. The van der Waals surface area contributed by atoms with Gasteiger partial charge in [-0.05, 0) is 32.4 Å². The molecule has 0 bridgehead atoms. The van der Waals surface area contributed by atoms with Gasteiger partial charge in [0.05, 0.1) is 10.6 Å². The lowest BCUT2D eigenvalue weighted by Gasteiger charge is -2.30. The van der Waals surface area contributed by atoms with E-state index in [-0.39, 0.29) is 30.4 Å². The summed E-state index contributed by atoms with van der Waals surface area (Å²) in [6, 6.07) is 7.85. The zero-order valence-electron chi connectivity index (χ0n) is 13.8. The van der Waals surface area contributed by atoms with Crippen LogP contribution in [0, 0.1) is 0 Å². The molecule has 1 saturated heterocycles. The molecule has 2 aromatic rings. The first-order chi connectivity index (χ1) is 11.1. The highest BCUT2D eigenvalue weighted by Gasteiger charge is 2.25. The second-order valence-electron chi connectivity index (χ2n) is 6.01. The van der Waals surface area contributed by atoms with Crippen molar-refractivity contribution in [2.75, 3.05) is 6.54 Å². The van der Waals surface area contributed by atoms with Crippen molar-refractivity contribution in [1.82, 2.24) is 20.4 Å². The third-order valence-corrected chi connectivity index (χ3v) is 4.61. The van der Waals surface area contributed by atoms with E-state index in [2.05, 4.69) is 22.7 Å². The Morgan fingerprint density at radius 2 is 2.17 bits per heavy atom. The molecule has 2 atom stereocenters. The highest BCUT2D eigenvalue weighted by atomic mass is 35.5. The minimum absolute atomic E-state index is 0. The Labute approximate surface area is 153 Å². The summed E-state index contributed by atoms with van der Waals surface area (Å²) < 4.78 is 1.65. The quantitative estimate of drug-likeness (QED) is 0.875. The molecule has 1 aliphatic rings. The fraction of sp³-hybridized carbons (Fsp3) is 0.412. The average Bonchev–Trinajstić information content (AvgIpc) is 2.92. The maximum atomic E-state index is 12.7. The van der Waals surface area contributed by atoms with Crippen LogP contribution in [0.5, 0.6) is 0 Å². The zero-order chi connectivity index (χ0) is 16.4. The number of benzene rings is 1. The van der Waals surface area contributed by atoms with Crippen molar-refractivity contribution >= 4 is 29.9 Å². The van der Waals surface area contributed by atoms with Crippen LogP contribution >= 0.6 is 24.0 Å². The smallest absolute Gasteiger partial charge is 0.255 e. The molecule has 2 N–H and O–H groups in total. The fourth-order valence-corrected chi connectivity index (χ4v) is 3.22. The normalized spacial score (nSPS) is 20.3. The van der Waals surface area contributed by atoms with Gasteiger partial charge < -0.3 is 10.6 Å². The average molecular weight is 369 g/mol. The fourth-order valence-electron chi connectivity index (χ4n) is 2.99. The zero-order valence-corrected chi connectivity index (χ0v) is 15.3. The van der Waals surface area contributed by atoms with Crippen molar-refractivity contribution in [3.63, 3.8) is 0 Å². The third-order valence-electron chi connectivity index (χ3n) is 4.28. The number of halogens is 2. The van der Waals surface area contributed by atoms with Gasteiger partial charge >= 0.3 is 0 Å². The number of hydrogen-bond donors (Lipinski definition) is 2. The number of carbonyl (C=O) groups is 1. The van der Waals surface area contributed by atoms with Gasteiger partial charge in [0.1, 0.15) is 5.69 Å². The molecule has 1 amide bonds. The Bertz CT molecular complexity index is 716. The minimum atomic E-state index is -0.103. The van der Waals surface area contributed by atoms with E-state index in [4.69, 9.17) is 11.6 Å². The van der Waals surface area contributed by atoms with E-state index in [0.717, 1.165) is 24.9 Å². The minimum Gasteiger partial charge on any atom is -0.348 e. The van der Waals surface area contributed by atoms with E-state index >= 15 is 0 Å². The molecular formula is C17H22Cl2N4O. The molecule has 1 aromatic heterocycles. The summed E-state index contributed by atoms with van der Waals surface area (Å²) in [5.74, 6) is -0.103. The van der Waals surface area contributed by atoms with Gasteiger partial charge in [-0.15, -0.1) is 12.4 Å². The van der Waals surface area contributed by atoms with Crippen molar-refractivity contribution in [3.8, 4) is 11.3 Å². The Balaban J connectivity index is 0.00000208. The van der Waals surface area contributed by atoms with Crippen LogP contribution in [0.3, 0.4) is 0 Å². The van der Waals surface area contributed by atoms with Crippen LogP contribution in [-0.4, -0.2) is 34.3 Å². The first kappa shape index (κ1) is 18.8. The van der Waals surface area contributed by atoms with Gasteiger partial charge in [0.2, 0.25) is 0 Å². The first-order valence-corrected chi connectivity index (χ1v) is 8.27. The Kier molecular flexibility index (Phi) is 6.27. The van der Waals surface area contributed by atoms with Crippen molar-refractivity contribution in [1.29, 1.82) is 0 Å². The molecule has 24 heavy (non-hydrogen) atoms. The lowest BCUT2D eigenvalue weighted by Crippen LogP contribution is -2.51. The van der Waals surface area contributed by atoms with Gasteiger partial charge in [-0.2, -0.15) is 5.10 Å². The molecule has 1 aliphatic heterocycles. The number of hydrogen-bond acceptors (Lipinski definition) is 3. The number of aromatic nitrogens is 2. The maximum absolute atomic E-state index is 12.7. The topological polar surface area (TPSA) is 58.9 Å². The summed E-state index contributed by atoms with van der Waals surface area (Å²) >= 11 is 6.27. The SMILES string of the molecule is CC1NCCCC1NC(=O)c1cn(C)nc1-c1ccccc1Cl.Cl. The standard InChI is InChI=1S/C17H21ClN4O.ClH/c1-11-15(8-5-9-19-11)20-17(23)13-10-22(2)21-16(13)12-6-3-4-7-14(12)18;/h3-4,6-7,10-11,15,19H,5,8-9H2,1-2H3,(H,20,23);1H. The maximum Gasteiger partial charge on any atom is 0.255 e. The van der Waals surface area contributed by atoms with Crippen molar-refractivity contribution < 1.29 is 4.79 Å². The van der Waals surface area contributed by atoms with Gasteiger partial charge in [-0.1, -0.05) is 29.8 Å². The number of piperidine rings is 1. The van der Waals surface area contributed by atoms with Crippen LogP contribution in [0.15, 0.2) is 30.5 Å². The number of nitrogens with zero attached hydrogens (tertiary/aromatic N) is 2. The van der Waals surface area contributed by atoms with Crippen LogP contribution in [0.25, 0.3) is 11.3 Å². The molecule has 1 fully saturated rings. The Morgan fingerprint density at radius 1 is 1.42 bits per heavy atom. The molecule has 2 heterocycles. The van der Waals surface area contributed by atoms with E-state index in [1.54, 1.807) is 16.9 Å². The van der Waals surface area contributed by atoms with Crippen LogP contribution in [0.4, 0.5) is 0 Å². The summed E-state index contributed by atoms with van der Waals surface area (Å²) in [4.78, 5) is 12.7. The number of nitrogens with one attached hydrogen (secondary N) is 2. The second kappa shape index (κ2) is 8.01. The molecule has 0 radical (unpaired) electrons. The molecule has 1 aromatic carbocycles. The summed E-state index contributed by atoms with van der Waals surface area (Å²) in [6.07, 6.45) is 3.80. The van der Waals surface area contributed by atoms with Crippen LogP contribution < -0.4 is 10.6 Å². The molecule has 3 rings (SSSR count). The second-order valence-corrected chi connectivity index (χ2v) is 6.42. The van der Waals surface area contributed by atoms with Gasteiger partial charge in [0, 0.05) is 30.9 Å². The van der Waals surface area contributed by atoms with Crippen molar-refractivity contribution in [3.05, 3.63) is 41.0 Å². The number of amides is 1. The Hall–Kier alpha value is -1.56. The van der Waals surface area contributed by atoms with E-state index in [0.29, 0.717) is 16.3 Å². The van der Waals surface area contributed by atoms with Crippen molar-refractivity contribution in [2.45, 2.75) is 31.8 Å². The summed E-state index contributed by atoms with van der Waals surface area (Å²) in [5, 5.41) is 11.5. The van der Waals surface area contributed by atoms with E-state index < -0.39 is 0 Å².